The number of aromatic nitrogens is 4. The van der Waals surface area contributed by atoms with Crippen LogP contribution in [0.3, 0.4) is 0 Å². The highest BCUT2D eigenvalue weighted by Crippen LogP contribution is 2.14. The SMILES string of the molecule is CCn1ccnc1-c1nccn1CC. The van der Waals surface area contributed by atoms with Crippen molar-refractivity contribution in [1.82, 2.24) is 19.1 Å². The maximum absolute atomic E-state index is 4.32. The summed E-state index contributed by atoms with van der Waals surface area (Å²) in [5.41, 5.74) is 0. The Bertz CT molecular complexity index is 373. The van der Waals surface area contributed by atoms with Gasteiger partial charge in [0.05, 0.1) is 0 Å². The quantitative estimate of drug-likeness (QED) is 0.739. The lowest BCUT2D eigenvalue weighted by Crippen LogP contribution is -2.03. The molecule has 0 aromatic carbocycles. The standard InChI is InChI=1S/C10H14N4/c1-3-13-7-5-11-9(13)10-12-6-8-14(10)4-2/h5-8H,3-4H2,1-2H3. The van der Waals surface area contributed by atoms with Crippen LogP contribution in [0.2, 0.25) is 0 Å². The lowest BCUT2D eigenvalue weighted by atomic mass is 10.5. The zero-order valence-corrected chi connectivity index (χ0v) is 8.51. The molecule has 0 amide bonds. The van der Waals surface area contributed by atoms with E-state index in [0.717, 1.165) is 24.7 Å². The number of imidazole rings is 2. The van der Waals surface area contributed by atoms with Crippen LogP contribution in [0.4, 0.5) is 0 Å². The second kappa shape index (κ2) is 3.65. The Kier molecular flexibility index (Phi) is 2.35. The fraction of sp³-hybridized carbons (Fsp3) is 0.400. The van der Waals surface area contributed by atoms with Gasteiger partial charge in [-0.05, 0) is 13.8 Å². The van der Waals surface area contributed by atoms with Crippen LogP contribution in [-0.4, -0.2) is 19.1 Å². The average molecular weight is 190 g/mol. The monoisotopic (exact) mass is 190 g/mol. The molecule has 0 aliphatic heterocycles. The molecule has 2 aromatic heterocycles. The van der Waals surface area contributed by atoms with E-state index in [2.05, 4.69) is 32.9 Å². The number of hydrogen-bond acceptors (Lipinski definition) is 2. The van der Waals surface area contributed by atoms with Gasteiger partial charge in [0.2, 0.25) is 0 Å². The highest BCUT2D eigenvalue weighted by molar-refractivity contribution is 5.44. The van der Waals surface area contributed by atoms with Crippen LogP contribution in [0, 0.1) is 0 Å². The molecule has 4 nitrogen and oxygen atoms in total. The molecule has 14 heavy (non-hydrogen) atoms. The van der Waals surface area contributed by atoms with Crippen molar-refractivity contribution in [1.29, 1.82) is 0 Å². The van der Waals surface area contributed by atoms with Crippen molar-refractivity contribution in [2.75, 3.05) is 0 Å². The van der Waals surface area contributed by atoms with E-state index in [9.17, 15) is 0 Å². The van der Waals surface area contributed by atoms with Crippen molar-refractivity contribution in [3.8, 4) is 11.6 Å². The van der Waals surface area contributed by atoms with Gasteiger partial charge >= 0.3 is 0 Å². The van der Waals surface area contributed by atoms with Gasteiger partial charge in [0.25, 0.3) is 0 Å². The van der Waals surface area contributed by atoms with E-state index >= 15 is 0 Å². The largest absolute Gasteiger partial charge is 0.329 e. The second-order valence-corrected chi connectivity index (χ2v) is 3.07. The first-order valence-corrected chi connectivity index (χ1v) is 4.89. The summed E-state index contributed by atoms with van der Waals surface area (Å²) in [6.45, 7) is 6.05. The van der Waals surface area contributed by atoms with E-state index in [1.165, 1.54) is 0 Å². The number of aryl methyl sites for hydroxylation is 2. The van der Waals surface area contributed by atoms with Gasteiger partial charge in [-0.3, -0.25) is 0 Å². The zero-order chi connectivity index (χ0) is 9.97. The van der Waals surface area contributed by atoms with Crippen molar-refractivity contribution in [2.24, 2.45) is 0 Å². The second-order valence-electron chi connectivity index (χ2n) is 3.07. The van der Waals surface area contributed by atoms with E-state index in [1.807, 2.05) is 24.8 Å². The minimum Gasteiger partial charge on any atom is -0.329 e. The molecule has 0 radical (unpaired) electrons. The van der Waals surface area contributed by atoms with Gasteiger partial charge in [-0.25, -0.2) is 9.97 Å². The molecule has 74 valence electrons. The van der Waals surface area contributed by atoms with Crippen molar-refractivity contribution >= 4 is 0 Å². The molecular weight excluding hydrogens is 176 g/mol. The minimum atomic E-state index is 0.923. The normalized spacial score (nSPS) is 10.7. The predicted molar refractivity (Wildman–Crippen MR) is 54.8 cm³/mol. The number of hydrogen-bond donors (Lipinski definition) is 0. The summed E-state index contributed by atoms with van der Waals surface area (Å²) in [5, 5.41) is 0. The third-order valence-electron chi connectivity index (χ3n) is 2.31. The lowest BCUT2D eigenvalue weighted by molar-refractivity contribution is 0.727. The lowest BCUT2D eigenvalue weighted by Gasteiger charge is -2.05. The molecule has 2 aromatic rings. The van der Waals surface area contributed by atoms with Gasteiger partial charge < -0.3 is 9.13 Å². The first-order valence-electron chi connectivity index (χ1n) is 4.89. The van der Waals surface area contributed by atoms with Gasteiger partial charge in [-0.1, -0.05) is 0 Å². The average Bonchev–Trinajstić information content (AvgIpc) is 2.85. The summed E-state index contributed by atoms with van der Waals surface area (Å²) in [6, 6.07) is 0. The van der Waals surface area contributed by atoms with Gasteiger partial charge in [0, 0.05) is 37.9 Å². The molecule has 0 unspecified atom stereocenters. The Labute approximate surface area is 83.2 Å². The van der Waals surface area contributed by atoms with Crippen molar-refractivity contribution < 1.29 is 0 Å². The van der Waals surface area contributed by atoms with Gasteiger partial charge in [-0.2, -0.15) is 0 Å². The highest BCUT2D eigenvalue weighted by atomic mass is 15.1. The fourth-order valence-electron chi connectivity index (χ4n) is 1.54. The van der Waals surface area contributed by atoms with Crippen LogP contribution >= 0.6 is 0 Å². The maximum Gasteiger partial charge on any atom is 0.176 e. The summed E-state index contributed by atoms with van der Waals surface area (Å²) in [7, 11) is 0. The fourth-order valence-corrected chi connectivity index (χ4v) is 1.54. The smallest absolute Gasteiger partial charge is 0.176 e. The van der Waals surface area contributed by atoms with E-state index in [1.54, 1.807) is 0 Å². The Morgan fingerprint density at radius 2 is 1.36 bits per heavy atom. The molecule has 0 bridgehead atoms. The van der Waals surface area contributed by atoms with Crippen molar-refractivity contribution in [3.05, 3.63) is 24.8 Å². The zero-order valence-electron chi connectivity index (χ0n) is 8.51. The Hall–Kier alpha value is -1.58. The Balaban J connectivity index is 2.48. The van der Waals surface area contributed by atoms with Crippen LogP contribution in [-0.2, 0) is 13.1 Å². The Morgan fingerprint density at radius 1 is 0.929 bits per heavy atom. The first kappa shape index (κ1) is 8.99. The summed E-state index contributed by atoms with van der Waals surface area (Å²) < 4.78 is 4.18. The van der Waals surface area contributed by atoms with Crippen LogP contribution in [0.25, 0.3) is 11.6 Å². The van der Waals surface area contributed by atoms with Crippen LogP contribution < -0.4 is 0 Å². The third-order valence-corrected chi connectivity index (χ3v) is 2.31. The first-order chi connectivity index (χ1) is 6.86. The minimum absolute atomic E-state index is 0.923. The molecule has 0 spiro atoms. The summed E-state index contributed by atoms with van der Waals surface area (Å²) in [4.78, 5) is 8.64. The van der Waals surface area contributed by atoms with E-state index in [-0.39, 0.29) is 0 Å². The molecule has 0 aliphatic carbocycles. The molecule has 0 N–H and O–H groups in total. The van der Waals surface area contributed by atoms with Crippen LogP contribution in [0.15, 0.2) is 24.8 Å². The molecule has 0 saturated heterocycles. The molecule has 4 heteroatoms. The van der Waals surface area contributed by atoms with Crippen LogP contribution in [0.5, 0.6) is 0 Å². The van der Waals surface area contributed by atoms with Gasteiger partial charge in [0.15, 0.2) is 11.6 Å². The maximum atomic E-state index is 4.32. The van der Waals surface area contributed by atoms with E-state index in [4.69, 9.17) is 0 Å². The molecule has 0 fully saturated rings. The molecule has 0 aliphatic rings. The summed E-state index contributed by atoms with van der Waals surface area (Å²) in [6.07, 6.45) is 7.58. The number of nitrogens with zero attached hydrogens (tertiary/aromatic N) is 4. The van der Waals surface area contributed by atoms with E-state index in [0.29, 0.717) is 0 Å². The van der Waals surface area contributed by atoms with Crippen molar-refractivity contribution in [3.63, 3.8) is 0 Å². The molecule has 2 heterocycles. The molecule has 2 rings (SSSR count). The van der Waals surface area contributed by atoms with Crippen LogP contribution in [0.1, 0.15) is 13.8 Å². The predicted octanol–water partition coefficient (Wildman–Crippen LogP) is 1.79. The topological polar surface area (TPSA) is 35.6 Å². The van der Waals surface area contributed by atoms with Gasteiger partial charge in [0.1, 0.15) is 0 Å². The highest BCUT2D eigenvalue weighted by Gasteiger charge is 2.09. The van der Waals surface area contributed by atoms with E-state index < -0.39 is 0 Å². The molecule has 0 saturated carbocycles. The number of rotatable bonds is 3. The van der Waals surface area contributed by atoms with Gasteiger partial charge in [-0.15, -0.1) is 0 Å². The van der Waals surface area contributed by atoms with Crippen molar-refractivity contribution in [2.45, 2.75) is 26.9 Å². The molecule has 0 atom stereocenters. The Morgan fingerprint density at radius 3 is 1.71 bits per heavy atom. The molecular formula is C10H14N4. The summed E-state index contributed by atoms with van der Waals surface area (Å²) >= 11 is 0. The third kappa shape index (κ3) is 1.32. The summed E-state index contributed by atoms with van der Waals surface area (Å²) in [5.74, 6) is 1.89.